The van der Waals surface area contributed by atoms with E-state index < -0.39 is 0 Å². The van der Waals surface area contributed by atoms with Crippen LogP contribution in [0.15, 0.2) is 59.0 Å². The molecule has 0 amide bonds. The summed E-state index contributed by atoms with van der Waals surface area (Å²) in [6.45, 7) is 0. The van der Waals surface area contributed by atoms with Crippen LogP contribution in [0.1, 0.15) is 11.1 Å². The third-order valence-electron chi connectivity index (χ3n) is 2.30. The van der Waals surface area contributed by atoms with Crippen molar-refractivity contribution < 1.29 is 0 Å². The van der Waals surface area contributed by atoms with Crippen LogP contribution < -0.4 is 0 Å². The van der Waals surface area contributed by atoms with E-state index in [1.165, 1.54) is 8.04 Å². The Hall–Kier alpha value is 0.469. The number of benzene rings is 1. The summed E-state index contributed by atoms with van der Waals surface area (Å²) in [6.07, 6.45) is 0. The second-order valence-corrected chi connectivity index (χ2v) is 9.81. The van der Waals surface area contributed by atoms with Crippen LogP contribution in [0.4, 0.5) is 0 Å². The van der Waals surface area contributed by atoms with Gasteiger partial charge in [0, 0.05) is 0 Å². The fraction of sp³-hybridized carbons (Fsp3) is 0. The Kier molecular flexibility index (Phi) is 8.12. The Morgan fingerprint density at radius 3 is 1.95 bits per heavy atom. The number of hydrogen-bond acceptors (Lipinski definition) is 0. The SMILES string of the molecule is Brc1c[se]cc1C#Cc1ccccc1.Brc1c[se]cc1I. The Morgan fingerprint density at radius 2 is 1.48 bits per heavy atom. The summed E-state index contributed by atoms with van der Waals surface area (Å²) in [7, 11) is 0. The van der Waals surface area contributed by atoms with E-state index >= 15 is 0 Å². The molecule has 0 nitrogen and oxygen atoms in total. The molecule has 1 aromatic carbocycles. The predicted octanol–water partition coefficient (Wildman–Crippen LogP) is 5.02. The zero-order valence-electron chi connectivity index (χ0n) is 10.6. The van der Waals surface area contributed by atoms with Crippen molar-refractivity contribution in [2.75, 3.05) is 0 Å². The van der Waals surface area contributed by atoms with Gasteiger partial charge in [0.2, 0.25) is 0 Å². The van der Waals surface area contributed by atoms with Crippen molar-refractivity contribution in [1.29, 1.82) is 0 Å². The Morgan fingerprint density at radius 1 is 0.810 bits per heavy atom. The van der Waals surface area contributed by atoms with Gasteiger partial charge in [-0.1, -0.05) is 0 Å². The number of halogens is 3. The van der Waals surface area contributed by atoms with Gasteiger partial charge in [-0.3, -0.25) is 0 Å². The summed E-state index contributed by atoms with van der Waals surface area (Å²) in [5.74, 6) is 6.30. The van der Waals surface area contributed by atoms with E-state index in [9.17, 15) is 0 Å². The zero-order chi connectivity index (χ0) is 15.1. The van der Waals surface area contributed by atoms with Crippen LogP contribution in [0.2, 0.25) is 0 Å². The number of hydrogen-bond donors (Lipinski definition) is 0. The average Bonchev–Trinajstić information content (AvgIpc) is 3.08. The van der Waals surface area contributed by atoms with Crippen LogP contribution in [-0.4, -0.2) is 29.0 Å². The van der Waals surface area contributed by atoms with Crippen LogP contribution >= 0.6 is 54.5 Å². The summed E-state index contributed by atoms with van der Waals surface area (Å²) in [5.41, 5.74) is 2.18. The first-order valence-electron chi connectivity index (χ1n) is 5.83. The van der Waals surface area contributed by atoms with Gasteiger partial charge < -0.3 is 0 Å². The fourth-order valence-corrected chi connectivity index (χ4v) is 7.33. The number of rotatable bonds is 0. The Bertz CT molecular complexity index is 735. The first-order valence-corrected chi connectivity index (χ1v) is 12.4. The molecule has 106 valence electrons. The minimum absolute atomic E-state index is 0.486. The van der Waals surface area contributed by atoms with Crippen LogP contribution in [0.5, 0.6) is 0 Å². The quantitative estimate of drug-likeness (QED) is 0.183. The monoisotopic (exact) mass is 646 g/mol. The molecule has 0 aliphatic heterocycles. The molecule has 0 spiro atoms. The third kappa shape index (κ3) is 6.23. The van der Waals surface area contributed by atoms with Gasteiger partial charge in [0.15, 0.2) is 0 Å². The van der Waals surface area contributed by atoms with Gasteiger partial charge in [0.05, 0.1) is 0 Å². The molecule has 0 saturated carbocycles. The molecular formula is C16H9Br2ISe2. The van der Waals surface area contributed by atoms with E-state index in [0.717, 1.165) is 15.6 Å². The van der Waals surface area contributed by atoms with Gasteiger partial charge in [0.1, 0.15) is 0 Å². The molecule has 0 atom stereocenters. The van der Waals surface area contributed by atoms with Gasteiger partial charge in [-0.15, -0.1) is 0 Å². The average molecular weight is 646 g/mol. The molecule has 0 unspecified atom stereocenters. The van der Waals surface area contributed by atoms with E-state index in [-0.39, 0.29) is 0 Å². The predicted molar refractivity (Wildman–Crippen MR) is 107 cm³/mol. The maximum absolute atomic E-state index is 3.48. The van der Waals surface area contributed by atoms with Crippen LogP contribution in [0.3, 0.4) is 0 Å². The fourth-order valence-electron chi connectivity index (χ4n) is 1.30. The molecule has 0 N–H and O–H groups in total. The van der Waals surface area contributed by atoms with E-state index in [4.69, 9.17) is 0 Å². The van der Waals surface area contributed by atoms with Crippen LogP contribution in [0.25, 0.3) is 0 Å². The third-order valence-corrected chi connectivity index (χ3v) is 10.7. The summed E-state index contributed by atoms with van der Waals surface area (Å²) in [6, 6.07) is 10.0. The molecule has 0 aliphatic carbocycles. The van der Waals surface area contributed by atoms with E-state index in [1.54, 1.807) is 0 Å². The van der Waals surface area contributed by atoms with Crippen molar-refractivity contribution >= 4 is 83.5 Å². The molecule has 2 heterocycles. The molecule has 2 aromatic heterocycles. The van der Waals surface area contributed by atoms with Gasteiger partial charge in [-0.25, -0.2) is 0 Å². The van der Waals surface area contributed by atoms with Crippen molar-refractivity contribution in [3.05, 3.63) is 73.7 Å². The molecule has 0 aliphatic rings. The van der Waals surface area contributed by atoms with Crippen LogP contribution in [-0.2, 0) is 0 Å². The van der Waals surface area contributed by atoms with E-state index in [0.29, 0.717) is 29.0 Å². The summed E-state index contributed by atoms with van der Waals surface area (Å²) < 4.78 is 3.77. The van der Waals surface area contributed by atoms with Crippen molar-refractivity contribution in [2.24, 2.45) is 0 Å². The normalized spacial score (nSPS) is 9.29. The molecule has 5 heteroatoms. The summed E-state index contributed by atoms with van der Waals surface area (Å²) in [4.78, 5) is 8.83. The molecule has 0 radical (unpaired) electrons. The topological polar surface area (TPSA) is 0 Å². The second-order valence-electron chi connectivity index (χ2n) is 3.82. The molecular weight excluding hydrogens is 637 g/mol. The van der Waals surface area contributed by atoms with Gasteiger partial charge in [-0.2, -0.15) is 0 Å². The van der Waals surface area contributed by atoms with Crippen molar-refractivity contribution in [3.8, 4) is 11.8 Å². The maximum atomic E-state index is 3.48. The van der Waals surface area contributed by atoms with Gasteiger partial charge in [0.25, 0.3) is 0 Å². The first kappa shape index (κ1) is 17.8. The second kappa shape index (κ2) is 9.57. The molecule has 0 fully saturated rings. The van der Waals surface area contributed by atoms with Crippen molar-refractivity contribution in [2.45, 2.75) is 0 Å². The minimum atomic E-state index is 0.486. The standard InChI is InChI=1S/C12H7BrSe.C4H2BrISe/c13-12-9-14-8-11(12)7-6-10-4-2-1-3-5-10;5-3-1-7-2-4(3)6/h1-5,8-9H;1-2H. The molecule has 21 heavy (non-hydrogen) atoms. The first-order chi connectivity index (χ1) is 10.2. The molecule has 3 aromatic rings. The van der Waals surface area contributed by atoms with E-state index in [2.05, 4.69) is 86.1 Å². The summed E-state index contributed by atoms with van der Waals surface area (Å²) in [5, 5.41) is 0. The van der Waals surface area contributed by atoms with Crippen LogP contribution in [0, 0.1) is 15.4 Å². The van der Waals surface area contributed by atoms with Gasteiger partial charge >= 0.3 is 169 Å². The van der Waals surface area contributed by atoms with E-state index in [1.807, 2.05) is 30.3 Å². The molecule has 3 rings (SSSR count). The van der Waals surface area contributed by atoms with Crippen molar-refractivity contribution in [3.63, 3.8) is 0 Å². The Labute approximate surface area is 167 Å². The zero-order valence-corrected chi connectivity index (χ0v) is 19.4. The molecule has 0 saturated heterocycles. The Balaban J connectivity index is 0.000000194. The van der Waals surface area contributed by atoms with Gasteiger partial charge in [-0.05, 0) is 0 Å². The van der Waals surface area contributed by atoms with Crippen molar-refractivity contribution in [1.82, 2.24) is 0 Å². The summed E-state index contributed by atoms with van der Waals surface area (Å²) >= 11 is 10.3. The molecule has 0 bridgehead atoms.